The van der Waals surface area contributed by atoms with Crippen LogP contribution in [0.5, 0.6) is 0 Å². The minimum atomic E-state index is -4.00. The van der Waals surface area contributed by atoms with E-state index in [-0.39, 0.29) is 48.4 Å². The second kappa shape index (κ2) is 17.0. The molecule has 2 fully saturated rings. The van der Waals surface area contributed by atoms with Crippen molar-refractivity contribution in [2.75, 3.05) is 44.7 Å². The standard InChI is InChI=1S/C36H52N4O7S2/c1-6-37-29-22-46-35-34(29)31(14-15-45-35)47-33(42)17-26(16-25-10-8-7-9-11-25)30(41)21-40(20-24(4)5)49(43,44)27-12-13-28-32(18-27)48-36(39-28)38-19-23(2)3/h7-13,18,23-24,26,29-31,34-35,37,41H,6,14-17,19-22H2,1-5H3,(H,38,39)/t26-,29-,30-,31+,34+,35+/m1/s1. The van der Waals surface area contributed by atoms with Crippen LogP contribution >= 0.6 is 11.3 Å². The van der Waals surface area contributed by atoms with E-state index in [4.69, 9.17) is 14.2 Å². The highest BCUT2D eigenvalue weighted by Crippen LogP contribution is 2.34. The van der Waals surface area contributed by atoms with Gasteiger partial charge in [-0.15, -0.1) is 0 Å². The molecule has 1 aromatic heterocycles. The van der Waals surface area contributed by atoms with Crippen molar-refractivity contribution in [1.29, 1.82) is 0 Å². The van der Waals surface area contributed by atoms with E-state index < -0.39 is 34.3 Å². The molecule has 3 N–H and O–H groups in total. The number of aromatic nitrogens is 1. The van der Waals surface area contributed by atoms with Gasteiger partial charge in [0.2, 0.25) is 10.0 Å². The van der Waals surface area contributed by atoms with E-state index in [1.165, 1.54) is 15.6 Å². The Kier molecular flexibility index (Phi) is 13.1. The molecule has 49 heavy (non-hydrogen) atoms. The minimum absolute atomic E-state index is 0.00161. The van der Waals surface area contributed by atoms with Gasteiger partial charge in [0.1, 0.15) is 6.10 Å². The van der Waals surface area contributed by atoms with Crippen LogP contribution < -0.4 is 10.6 Å². The lowest BCUT2D eigenvalue weighted by Gasteiger charge is -2.35. The molecule has 270 valence electrons. The summed E-state index contributed by atoms with van der Waals surface area (Å²) in [5.74, 6) is -0.696. The zero-order valence-corrected chi connectivity index (χ0v) is 30.8. The summed E-state index contributed by atoms with van der Waals surface area (Å²) in [6, 6.07) is 14.6. The molecule has 3 aromatic rings. The normalized spacial score (nSPS) is 22.5. The Morgan fingerprint density at radius 2 is 1.88 bits per heavy atom. The number of nitrogens with zero attached hydrogens (tertiary/aromatic N) is 2. The van der Waals surface area contributed by atoms with Crippen molar-refractivity contribution in [2.24, 2.45) is 23.7 Å². The van der Waals surface area contributed by atoms with Crippen LogP contribution in [0.3, 0.4) is 0 Å². The highest BCUT2D eigenvalue weighted by atomic mass is 32.2. The molecule has 0 spiro atoms. The van der Waals surface area contributed by atoms with Gasteiger partial charge in [0.25, 0.3) is 0 Å². The molecule has 0 bridgehead atoms. The van der Waals surface area contributed by atoms with Crippen LogP contribution in [0.15, 0.2) is 53.4 Å². The zero-order chi connectivity index (χ0) is 35.1. The Bertz CT molecular complexity index is 1620. The second-order valence-corrected chi connectivity index (χ2v) is 17.0. The largest absolute Gasteiger partial charge is 0.462 e. The first-order valence-electron chi connectivity index (χ1n) is 17.5. The fourth-order valence-corrected chi connectivity index (χ4v) is 9.24. The molecule has 11 nitrogen and oxygen atoms in total. The van der Waals surface area contributed by atoms with Gasteiger partial charge in [-0.3, -0.25) is 4.79 Å². The van der Waals surface area contributed by atoms with Crippen molar-refractivity contribution >= 4 is 42.7 Å². The van der Waals surface area contributed by atoms with Crippen LogP contribution in [0.25, 0.3) is 10.2 Å². The van der Waals surface area contributed by atoms with Crippen LogP contribution in [0.1, 0.15) is 53.0 Å². The van der Waals surface area contributed by atoms with E-state index in [2.05, 4.69) is 29.5 Å². The number of thiazole rings is 1. The van der Waals surface area contributed by atoms with Gasteiger partial charge in [0.05, 0.1) is 46.8 Å². The van der Waals surface area contributed by atoms with Gasteiger partial charge in [-0.25, -0.2) is 13.4 Å². The molecule has 0 amide bonds. The predicted molar refractivity (Wildman–Crippen MR) is 192 cm³/mol. The number of esters is 1. The Labute approximate surface area is 294 Å². The number of rotatable bonds is 17. The highest BCUT2D eigenvalue weighted by molar-refractivity contribution is 7.89. The molecule has 0 radical (unpaired) electrons. The van der Waals surface area contributed by atoms with Crippen LogP contribution in [-0.4, -0.2) is 92.7 Å². The summed E-state index contributed by atoms with van der Waals surface area (Å²) in [5.41, 5.74) is 1.67. The lowest BCUT2D eigenvalue weighted by atomic mass is 9.89. The average Bonchev–Trinajstić information content (AvgIpc) is 3.67. The third kappa shape index (κ3) is 9.78. The molecule has 2 aliphatic rings. The maximum atomic E-state index is 14.2. The number of likely N-dealkylation sites (N-methyl/N-ethyl adjacent to an activating group) is 1. The molecule has 0 aliphatic carbocycles. The van der Waals surface area contributed by atoms with E-state index in [9.17, 15) is 18.3 Å². The summed E-state index contributed by atoms with van der Waals surface area (Å²) in [6.07, 6.45) is -1.06. The SMILES string of the molecule is CCN[C@@H]1CO[C@@H]2OCC[C@H](OC(=O)C[C@@H](Cc3ccccc3)[C@H](O)CN(CC(C)C)S(=O)(=O)c3ccc4nc(NCC(C)C)sc4c3)[C@@H]21. The lowest BCUT2D eigenvalue weighted by molar-refractivity contribution is -0.196. The maximum absolute atomic E-state index is 14.2. The van der Waals surface area contributed by atoms with Crippen molar-refractivity contribution in [2.45, 2.75) is 83.3 Å². The van der Waals surface area contributed by atoms with Gasteiger partial charge < -0.3 is 30.0 Å². The summed E-state index contributed by atoms with van der Waals surface area (Å²) in [6.45, 7) is 12.6. The Morgan fingerprint density at radius 3 is 2.59 bits per heavy atom. The molecule has 2 aliphatic heterocycles. The number of anilines is 1. The molecule has 13 heteroatoms. The van der Waals surface area contributed by atoms with Crippen molar-refractivity contribution in [1.82, 2.24) is 14.6 Å². The number of fused-ring (bicyclic) bond motifs is 2. The number of nitrogens with one attached hydrogen (secondary N) is 2. The quantitative estimate of drug-likeness (QED) is 0.165. The summed E-state index contributed by atoms with van der Waals surface area (Å²) in [7, 11) is -4.00. The summed E-state index contributed by atoms with van der Waals surface area (Å²) < 4.78 is 48.2. The van der Waals surface area contributed by atoms with Gasteiger partial charge in [-0.1, -0.05) is 76.3 Å². The predicted octanol–water partition coefficient (Wildman–Crippen LogP) is 4.90. The molecule has 0 unspecified atom stereocenters. The van der Waals surface area contributed by atoms with Crippen molar-refractivity contribution in [3.05, 3.63) is 54.1 Å². The monoisotopic (exact) mass is 716 g/mol. The topological polar surface area (TPSA) is 139 Å². The Hall–Kier alpha value is -2.65. The smallest absolute Gasteiger partial charge is 0.306 e. The van der Waals surface area contributed by atoms with Crippen molar-refractivity contribution in [3.63, 3.8) is 0 Å². The molecule has 5 rings (SSSR count). The number of sulfonamides is 1. The van der Waals surface area contributed by atoms with Crippen molar-refractivity contribution < 1.29 is 32.5 Å². The van der Waals surface area contributed by atoms with E-state index in [1.807, 2.05) is 51.1 Å². The van der Waals surface area contributed by atoms with E-state index >= 15 is 0 Å². The number of carbonyl (C=O) groups is 1. The van der Waals surface area contributed by atoms with Crippen molar-refractivity contribution in [3.8, 4) is 0 Å². The summed E-state index contributed by atoms with van der Waals surface area (Å²) >= 11 is 1.42. The maximum Gasteiger partial charge on any atom is 0.306 e. The molecule has 0 saturated carbocycles. The third-order valence-corrected chi connectivity index (χ3v) is 11.8. The van der Waals surface area contributed by atoms with Gasteiger partial charge in [0.15, 0.2) is 11.4 Å². The zero-order valence-electron chi connectivity index (χ0n) is 29.2. The number of carbonyl (C=O) groups excluding carboxylic acids is 1. The first-order chi connectivity index (χ1) is 23.4. The van der Waals surface area contributed by atoms with Crippen LogP contribution in [0.2, 0.25) is 0 Å². The molecule has 6 atom stereocenters. The number of hydrogen-bond acceptors (Lipinski definition) is 11. The first kappa shape index (κ1) is 37.6. The molecular formula is C36H52N4O7S2. The highest BCUT2D eigenvalue weighted by Gasteiger charge is 2.47. The summed E-state index contributed by atoms with van der Waals surface area (Å²) in [5, 5.41) is 19.3. The molecule has 2 aromatic carbocycles. The van der Waals surface area contributed by atoms with Gasteiger partial charge in [0, 0.05) is 38.0 Å². The van der Waals surface area contributed by atoms with E-state index in [0.29, 0.717) is 32.0 Å². The van der Waals surface area contributed by atoms with Crippen LogP contribution in [-0.2, 0) is 35.4 Å². The number of aliphatic hydroxyl groups excluding tert-OH is 1. The first-order valence-corrected chi connectivity index (χ1v) is 19.7. The number of ether oxygens (including phenoxy) is 3. The van der Waals surface area contributed by atoms with Crippen LogP contribution in [0.4, 0.5) is 5.13 Å². The molecule has 2 saturated heterocycles. The van der Waals surface area contributed by atoms with Gasteiger partial charge in [-0.05, 0) is 48.6 Å². The fourth-order valence-electron chi connectivity index (χ4n) is 6.60. The second-order valence-electron chi connectivity index (χ2n) is 14.0. The Morgan fingerprint density at radius 1 is 1.10 bits per heavy atom. The van der Waals surface area contributed by atoms with E-state index in [0.717, 1.165) is 34.0 Å². The number of aliphatic hydroxyl groups is 1. The molecular weight excluding hydrogens is 665 g/mol. The number of benzene rings is 2. The number of hydrogen-bond donors (Lipinski definition) is 3. The van der Waals surface area contributed by atoms with Gasteiger partial charge >= 0.3 is 5.97 Å². The summed E-state index contributed by atoms with van der Waals surface area (Å²) in [4.78, 5) is 18.3. The fraction of sp³-hybridized carbons (Fsp3) is 0.611. The average molecular weight is 717 g/mol. The molecule has 3 heterocycles. The minimum Gasteiger partial charge on any atom is -0.462 e. The lowest BCUT2D eigenvalue weighted by Crippen LogP contribution is -2.49. The van der Waals surface area contributed by atoms with Crippen LogP contribution in [0, 0.1) is 23.7 Å². The Balaban J connectivity index is 1.34. The van der Waals surface area contributed by atoms with Gasteiger partial charge in [-0.2, -0.15) is 4.31 Å². The third-order valence-electron chi connectivity index (χ3n) is 9.01. The van der Waals surface area contributed by atoms with E-state index in [1.54, 1.807) is 18.2 Å².